The second kappa shape index (κ2) is 8.31. The molecule has 0 saturated carbocycles. The standard InChI is InChI=1S/C22H20ClNO4/c1-14-10-18(15(2)24(14)12-16-6-4-3-5-7-16)21(26)13-28-22(27)19-11-17(23)8-9-20(19)25/h3-11,25H,12-13H2,1-2H3. The number of carbonyl (C=O) groups is 2. The molecule has 0 fully saturated rings. The van der Waals surface area contributed by atoms with Crippen molar-refractivity contribution in [1.82, 2.24) is 4.57 Å². The van der Waals surface area contributed by atoms with Crippen LogP contribution in [0, 0.1) is 13.8 Å². The van der Waals surface area contributed by atoms with E-state index in [1.807, 2.05) is 48.7 Å². The molecule has 28 heavy (non-hydrogen) atoms. The number of benzene rings is 2. The topological polar surface area (TPSA) is 68.5 Å². The lowest BCUT2D eigenvalue weighted by molar-refractivity contribution is 0.0471. The zero-order chi connectivity index (χ0) is 20.3. The van der Waals surface area contributed by atoms with E-state index in [0.717, 1.165) is 17.0 Å². The van der Waals surface area contributed by atoms with Gasteiger partial charge in [-0.3, -0.25) is 4.79 Å². The number of esters is 1. The number of aromatic nitrogens is 1. The highest BCUT2D eigenvalue weighted by Gasteiger charge is 2.19. The molecular weight excluding hydrogens is 378 g/mol. The van der Waals surface area contributed by atoms with Gasteiger partial charge in [-0.2, -0.15) is 0 Å². The largest absolute Gasteiger partial charge is 0.507 e. The number of rotatable bonds is 6. The number of ether oxygens (including phenoxy) is 1. The Bertz CT molecular complexity index is 1020. The zero-order valence-corrected chi connectivity index (χ0v) is 16.4. The molecule has 1 aromatic heterocycles. The lowest BCUT2D eigenvalue weighted by atomic mass is 10.1. The third-order valence-corrected chi connectivity index (χ3v) is 4.81. The minimum atomic E-state index is -0.800. The molecular formula is C22H20ClNO4. The molecule has 0 aliphatic carbocycles. The van der Waals surface area contributed by atoms with Crippen molar-refractivity contribution in [3.05, 3.63) is 87.7 Å². The first-order valence-corrected chi connectivity index (χ1v) is 9.14. The first kappa shape index (κ1) is 19.7. The molecule has 144 valence electrons. The summed E-state index contributed by atoms with van der Waals surface area (Å²) in [5, 5.41) is 10.1. The van der Waals surface area contributed by atoms with Crippen LogP contribution < -0.4 is 0 Å². The van der Waals surface area contributed by atoms with E-state index in [4.69, 9.17) is 16.3 Å². The highest BCUT2D eigenvalue weighted by atomic mass is 35.5. The van der Waals surface area contributed by atoms with Gasteiger partial charge in [0.1, 0.15) is 11.3 Å². The molecule has 3 rings (SSSR count). The van der Waals surface area contributed by atoms with Crippen LogP contribution in [0.4, 0.5) is 0 Å². The number of phenolic OH excluding ortho intramolecular Hbond substituents is 1. The van der Waals surface area contributed by atoms with Gasteiger partial charge < -0.3 is 14.4 Å². The van der Waals surface area contributed by atoms with Gasteiger partial charge in [-0.15, -0.1) is 0 Å². The molecule has 0 atom stereocenters. The maximum Gasteiger partial charge on any atom is 0.342 e. The van der Waals surface area contributed by atoms with Crippen molar-refractivity contribution in [3.8, 4) is 5.75 Å². The summed E-state index contributed by atoms with van der Waals surface area (Å²) < 4.78 is 7.13. The summed E-state index contributed by atoms with van der Waals surface area (Å²) in [6, 6.07) is 15.8. The van der Waals surface area contributed by atoms with E-state index in [1.54, 1.807) is 6.07 Å². The van der Waals surface area contributed by atoms with Crippen molar-refractivity contribution in [2.75, 3.05) is 6.61 Å². The molecule has 0 bridgehead atoms. The van der Waals surface area contributed by atoms with Gasteiger partial charge in [-0.25, -0.2) is 4.79 Å². The molecule has 5 nitrogen and oxygen atoms in total. The van der Waals surface area contributed by atoms with Gasteiger partial charge in [0.25, 0.3) is 0 Å². The summed E-state index contributed by atoms with van der Waals surface area (Å²) >= 11 is 5.84. The van der Waals surface area contributed by atoms with Gasteiger partial charge in [0.05, 0.1) is 0 Å². The van der Waals surface area contributed by atoms with E-state index >= 15 is 0 Å². The summed E-state index contributed by atoms with van der Waals surface area (Å²) in [6.45, 7) is 4.04. The fraction of sp³-hybridized carbons (Fsp3) is 0.182. The predicted octanol–water partition coefficient (Wildman–Crippen LogP) is 4.55. The highest BCUT2D eigenvalue weighted by Crippen LogP contribution is 2.23. The predicted molar refractivity (Wildman–Crippen MR) is 107 cm³/mol. The van der Waals surface area contributed by atoms with Crippen LogP contribution in [-0.2, 0) is 11.3 Å². The quantitative estimate of drug-likeness (QED) is 0.489. The third kappa shape index (κ3) is 4.26. The van der Waals surface area contributed by atoms with Crippen LogP contribution in [0.1, 0.15) is 37.7 Å². The molecule has 6 heteroatoms. The molecule has 1 heterocycles. The number of ketones is 1. The summed E-state index contributed by atoms with van der Waals surface area (Å²) in [7, 11) is 0. The Hall–Kier alpha value is -3.05. The van der Waals surface area contributed by atoms with E-state index in [0.29, 0.717) is 17.1 Å². The average Bonchev–Trinajstić information content (AvgIpc) is 2.97. The molecule has 0 radical (unpaired) electrons. The van der Waals surface area contributed by atoms with Gasteiger partial charge in [0.15, 0.2) is 6.61 Å². The van der Waals surface area contributed by atoms with Gasteiger partial charge >= 0.3 is 5.97 Å². The SMILES string of the molecule is Cc1cc(C(=O)COC(=O)c2cc(Cl)ccc2O)c(C)n1Cc1ccccc1. The van der Waals surface area contributed by atoms with E-state index in [1.165, 1.54) is 18.2 Å². The van der Waals surface area contributed by atoms with Gasteiger partial charge in [0.2, 0.25) is 5.78 Å². The Kier molecular flexibility index (Phi) is 5.85. The number of carbonyl (C=O) groups excluding carboxylic acids is 2. The minimum Gasteiger partial charge on any atom is -0.507 e. The molecule has 0 aliphatic heterocycles. The Morgan fingerprint density at radius 1 is 1.04 bits per heavy atom. The van der Waals surface area contributed by atoms with Crippen LogP contribution in [0.2, 0.25) is 5.02 Å². The number of nitrogens with zero attached hydrogens (tertiary/aromatic N) is 1. The Balaban J connectivity index is 1.72. The van der Waals surface area contributed by atoms with E-state index in [-0.39, 0.29) is 17.1 Å². The first-order valence-electron chi connectivity index (χ1n) is 8.76. The Morgan fingerprint density at radius 2 is 1.75 bits per heavy atom. The lowest BCUT2D eigenvalue weighted by Crippen LogP contribution is -2.15. The fourth-order valence-electron chi connectivity index (χ4n) is 3.05. The van der Waals surface area contributed by atoms with Crippen molar-refractivity contribution >= 4 is 23.4 Å². The number of aryl methyl sites for hydroxylation is 1. The summed E-state index contributed by atoms with van der Waals surface area (Å²) in [6.07, 6.45) is 0. The highest BCUT2D eigenvalue weighted by molar-refractivity contribution is 6.31. The van der Waals surface area contributed by atoms with Crippen molar-refractivity contribution in [3.63, 3.8) is 0 Å². The average molecular weight is 398 g/mol. The lowest BCUT2D eigenvalue weighted by Gasteiger charge is -2.10. The molecule has 0 amide bonds. The third-order valence-electron chi connectivity index (χ3n) is 4.57. The fourth-order valence-corrected chi connectivity index (χ4v) is 3.22. The van der Waals surface area contributed by atoms with Crippen LogP contribution in [-0.4, -0.2) is 28.0 Å². The minimum absolute atomic E-state index is 0.0742. The van der Waals surface area contributed by atoms with E-state index < -0.39 is 12.6 Å². The second-order valence-corrected chi connectivity index (χ2v) is 6.95. The van der Waals surface area contributed by atoms with Crippen LogP contribution in [0.25, 0.3) is 0 Å². The number of hydrogen-bond donors (Lipinski definition) is 1. The van der Waals surface area contributed by atoms with Crippen LogP contribution in [0.15, 0.2) is 54.6 Å². The number of hydrogen-bond acceptors (Lipinski definition) is 4. The second-order valence-electron chi connectivity index (χ2n) is 6.52. The molecule has 0 unspecified atom stereocenters. The molecule has 2 aromatic carbocycles. The first-order chi connectivity index (χ1) is 13.4. The zero-order valence-electron chi connectivity index (χ0n) is 15.6. The monoisotopic (exact) mass is 397 g/mol. The smallest absolute Gasteiger partial charge is 0.342 e. The summed E-state index contributed by atoms with van der Waals surface area (Å²) in [5.41, 5.74) is 3.33. The maximum absolute atomic E-state index is 12.6. The Morgan fingerprint density at radius 3 is 2.46 bits per heavy atom. The summed E-state index contributed by atoms with van der Waals surface area (Å²) in [4.78, 5) is 24.7. The van der Waals surface area contributed by atoms with E-state index in [2.05, 4.69) is 0 Å². The van der Waals surface area contributed by atoms with Crippen molar-refractivity contribution < 1.29 is 19.4 Å². The van der Waals surface area contributed by atoms with Crippen molar-refractivity contribution in [2.24, 2.45) is 0 Å². The normalized spacial score (nSPS) is 10.7. The van der Waals surface area contributed by atoms with Gasteiger partial charge in [-0.1, -0.05) is 41.9 Å². The summed E-state index contributed by atoms with van der Waals surface area (Å²) in [5.74, 6) is -1.35. The van der Waals surface area contributed by atoms with Gasteiger partial charge in [0, 0.05) is 28.5 Å². The Labute approximate surface area is 168 Å². The van der Waals surface area contributed by atoms with Crippen molar-refractivity contribution in [1.29, 1.82) is 0 Å². The molecule has 0 aliphatic rings. The molecule has 0 saturated heterocycles. The number of Topliss-reactive ketones (excluding diaryl/α,β-unsaturated/α-hetero) is 1. The molecule has 1 N–H and O–H groups in total. The van der Waals surface area contributed by atoms with E-state index in [9.17, 15) is 14.7 Å². The number of halogens is 1. The van der Waals surface area contributed by atoms with Gasteiger partial charge in [-0.05, 0) is 43.7 Å². The van der Waals surface area contributed by atoms with Crippen LogP contribution in [0.5, 0.6) is 5.75 Å². The molecule has 3 aromatic rings. The van der Waals surface area contributed by atoms with Crippen LogP contribution in [0.3, 0.4) is 0 Å². The number of phenols is 1. The molecule has 0 spiro atoms. The van der Waals surface area contributed by atoms with Crippen LogP contribution >= 0.6 is 11.6 Å². The van der Waals surface area contributed by atoms with Crippen molar-refractivity contribution in [2.45, 2.75) is 20.4 Å². The number of aromatic hydroxyl groups is 1. The maximum atomic E-state index is 12.6.